The summed E-state index contributed by atoms with van der Waals surface area (Å²) in [5.41, 5.74) is 1.80. The third-order valence-electron chi connectivity index (χ3n) is 4.43. The summed E-state index contributed by atoms with van der Waals surface area (Å²) >= 11 is 0. The van der Waals surface area contributed by atoms with Gasteiger partial charge in [-0.05, 0) is 52.5 Å². The molecule has 0 saturated heterocycles. The van der Waals surface area contributed by atoms with Gasteiger partial charge in [0.15, 0.2) is 6.29 Å². The molecule has 0 spiro atoms. The molecule has 140 valence electrons. The van der Waals surface area contributed by atoms with Gasteiger partial charge in [0.05, 0.1) is 11.4 Å². The first-order valence-electron chi connectivity index (χ1n) is 9.00. The maximum absolute atomic E-state index is 13.2. The molecule has 0 aliphatic carbocycles. The van der Waals surface area contributed by atoms with Crippen molar-refractivity contribution in [2.75, 3.05) is 18.0 Å². The number of aryl methyl sites for hydroxylation is 1. The monoisotopic (exact) mass is 359 g/mol. The molecule has 0 fully saturated rings. The Morgan fingerprint density at radius 3 is 2.65 bits per heavy atom. The maximum atomic E-state index is 13.2. The van der Waals surface area contributed by atoms with Crippen molar-refractivity contribution in [2.45, 2.75) is 52.1 Å². The number of aromatic amines is 1. The van der Waals surface area contributed by atoms with Crippen molar-refractivity contribution >= 4 is 24.0 Å². The number of H-pyrrole nitrogens is 1. The van der Waals surface area contributed by atoms with Crippen molar-refractivity contribution in [2.24, 2.45) is 0 Å². The van der Waals surface area contributed by atoms with E-state index < -0.39 is 11.7 Å². The number of hydrogen-bond acceptors (Lipinski definition) is 4. The first kappa shape index (κ1) is 18.2. The fourth-order valence-electron chi connectivity index (χ4n) is 3.32. The molecule has 0 radical (unpaired) electrons. The van der Waals surface area contributed by atoms with Crippen molar-refractivity contribution in [1.82, 2.24) is 9.88 Å². The molecule has 7 heteroatoms. The number of fused-ring (bicyclic) bond motifs is 1. The van der Waals surface area contributed by atoms with Gasteiger partial charge in [0.2, 0.25) is 0 Å². The molecule has 2 aliphatic heterocycles. The Labute approximate surface area is 153 Å². The standard InChI is InChI=1S/C19H25N3O4/c1-19(2,3)26-18(25)22-10-6-8-15(22)17(24)21-9-5-4-7-14-16(21)11-13(12-23)20-14/h8,11-12,20H,4-7,9-10H2,1-3H3. The summed E-state index contributed by atoms with van der Waals surface area (Å²) in [4.78, 5) is 42.9. The van der Waals surface area contributed by atoms with E-state index in [1.807, 2.05) is 0 Å². The highest BCUT2D eigenvalue weighted by Gasteiger charge is 2.34. The molecule has 0 aromatic carbocycles. The normalized spacial score (nSPS) is 17.4. The summed E-state index contributed by atoms with van der Waals surface area (Å²) in [6, 6.07) is 1.71. The average molecular weight is 359 g/mol. The Bertz CT molecular complexity index is 757. The Hall–Kier alpha value is -2.57. The average Bonchev–Trinajstić information content (AvgIpc) is 3.16. The second-order valence-electron chi connectivity index (χ2n) is 7.63. The lowest BCUT2D eigenvalue weighted by Gasteiger charge is -2.28. The van der Waals surface area contributed by atoms with Crippen LogP contribution in [0.2, 0.25) is 0 Å². The van der Waals surface area contributed by atoms with Gasteiger partial charge in [-0.1, -0.05) is 6.08 Å². The third-order valence-corrected chi connectivity index (χ3v) is 4.43. The number of anilines is 1. The summed E-state index contributed by atoms with van der Waals surface area (Å²) in [5.74, 6) is -0.229. The molecule has 0 unspecified atom stereocenters. The number of nitrogens with one attached hydrogen (secondary N) is 1. The number of nitrogens with zero attached hydrogens (tertiary/aromatic N) is 2. The summed E-state index contributed by atoms with van der Waals surface area (Å²) in [7, 11) is 0. The third kappa shape index (κ3) is 3.66. The van der Waals surface area contributed by atoms with Crippen molar-refractivity contribution in [3.63, 3.8) is 0 Å². The molecule has 1 aromatic heterocycles. The van der Waals surface area contributed by atoms with E-state index in [-0.39, 0.29) is 5.91 Å². The van der Waals surface area contributed by atoms with Gasteiger partial charge < -0.3 is 14.6 Å². The number of carbonyl (C=O) groups is 3. The summed E-state index contributed by atoms with van der Waals surface area (Å²) in [5, 5.41) is 0. The van der Waals surface area contributed by atoms with Crippen LogP contribution in [0.15, 0.2) is 17.8 Å². The van der Waals surface area contributed by atoms with E-state index in [9.17, 15) is 14.4 Å². The van der Waals surface area contributed by atoms with Crippen LogP contribution in [0.3, 0.4) is 0 Å². The highest BCUT2D eigenvalue weighted by atomic mass is 16.6. The molecule has 26 heavy (non-hydrogen) atoms. The number of ether oxygens (including phenoxy) is 1. The molecule has 0 atom stereocenters. The summed E-state index contributed by atoms with van der Waals surface area (Å²) in [6.07, 6.45) is 5.24. The molecular weight excluding hydrogens is 334 g/mol. The molecule has 1 aromatic rings. The molecule has 3 heterocycles. The maximum Gasteiger partial charge on any atom is 0.414 e. The van der Waals surface area contributed by atoms with E-state index in [2.05, 4.69) is 4.98 Å². The van der Waals surface area contributed by atoms with E-state index in [0.29, 0.717) is 30.9 Å². The smallest absolute Gasteiger partial charge is 0.414 e. The SMILES string of the molecule is CC(C)(C)OC(=O)N1CCC=C1C(=O)N1CCCCc2[nH]c(C=O)cc21. The predicted molar refractivity (Wildman–Crippen MR) is 97.1 cm³/mol. The Morgan fingerprint density at radius 1 is 1.19 bits per heavy atom. The number of hydrogen-bond donors (Lipinski definition) is 1. The molecule has 0 saturated carbocycles. The zero-order chi connectivity index (χ0) is 18.9. The molecule has 2 amide bonds. The minimum atomic E-state index is -0.622. The van der Waals surface area contributed by atoms with E-state index in [1.54, 1.807) is 37.8 Å². The second-order valence-corrected chi connectivity index (χ2v) is 7.63. The first-order chi connectivity index (χ1) is 12.3. The molecule has 2 aliphatic rings. The Balaban J connectivity index is 1.85. The van der Waals surface area contributed by atoms with E-state index in [0.717, 1.165) is 36.9 Å². The van der Waals surface area contributed by atoms with Crippen LogP contribution in [0, 0.1) is 0 Å². The van der Waals surface area contributed by atoms with Crippen LogP contribution in [0.25, 0.3) is 0 Å². The van der Waals surface area contributed by atoms with Gasteiger partial charge >= 0.3 is 6.09 Å². The summed E-state index contributed by atoms with van der Waals surface area (Å²) in [6.45, 7) is 6.39. The quantitative estimate of drug-likeness (QED) is 0.823. The van der Waals surface area contributed by atoms with Crippen molar-refractivity contribution < 1.29 is 19.1 Å². The zero-order valence-corrected chi connectivity index (χ0v) is 15.5. The Kier molecular flexibility index (Phi) is 4.89. The molecule has 7 nitrogen and oxygen atoms in total. The number of aldehydes is 1. The number of rotatable bonds is 2. The number of amides is 2. The second kappa shape index (κ2) is 6.97. The zero-order valence-electron chi connectivity index (χ0n) is 15.5. The van der Waals surface area contributed by atoms with Crippen molar-refractivity contribution in [3.8, 4) is 0 Å². The van der Waals surface area contributed by atoms with E-state index in [1.165, 1.54) is 4.90 Å². The lowest BCUT2D eigenvalue weighted by Crippen LogP contribution is -2.41. The van der Waals surface area contributed by atoms with Gasteiger partial charge in [0.25, 0.3) is 5.91 Å². The fourth-order valence-corrected chi connectivity index (χ4v) is 3.32. The minimum Gasteiger partial charge on any atom is -0.443 e. The van der Waals surface area contributed by atoms with Crippen LogP contribution in [-0.2, 0) is 16.0 Å². The van der Waals surface area contributed by atoms with E-state index >= 15 is 0 Å². The fraction of sp³-hybridized carbons (Fsp3) is 0.526. The van der Waals surface area contributed by atoms with Crippen LogP contribution in [0.4, 0.5) is 10.5 Å². The summed E-state index contributed by atoms with van der Waals surface area (Å²) < 4.78 is 5.43. The van der Waals surface area contributed by atoms with Gasteiger partial charge in [-0.15, -0.1) is 0 Å². The van der Waals surface area contributed by atoms with Gasteiger partial charge in [0.1, 0.15) is 11.3 Å². The van der Waals surface area contributed by atoms with Gasteiger partial charge in [-0.3, -0.25) is 14.5 Å². The predicted octanol–water partition coefficient (Wildman–Crippen LogP) is 3.02. The molecular formula is C19H25N3O4. The largest absolute Gasteiger partial charge is 0.443 e. The highest BCUT2D eigenvalue weighted by Crippen LogP contribution is 2.30. The molecule has 1 N–H and O–H groups in total. The van der Waals surface area contributed by atoms with Crippen LogP contribution < -0.4 is 4.90 Å². The van der Waals surface area contributed by atoms with Gasteiger partial charge in [-0.2, -0.15) is 0 Å². The molecule has 0 bridgehead atoms. The van der Waals surface area contributed by atoms with Crippen molar-refractivity contribution in [1.29, 1.82) is 0 Å². The van der Waals surface area contributed by atoms with Crippen LogP contribution in [0.1, 0.15) is 56.2 Å². The van der Waals surface area contributed by atoms with Crippen molar-refractivity contribution in [3.05, 3.63) is 29.2 Å². The topological polar surface area (TPSA) is 82.7 Å². The van der Waals surface area contributed by atoms with E-state index in [4.69, 9.17) is 4.74 Å². The van der Waals surface area contributed by atoms with Crippen LogP contribution in [-0.4, -0.2) is 46.9 Å². The number of carbonyl (C=O) groups excluding carboxylic acids is 3. The minimum absolute atomic E-state index is 0.229. The van der Waals surface area contributed by atoms with Crippen LogP contribution in [0.5, 0.6) is 0 Å². The van der Waals surface area contributed by atoms with Gasteiger partial charge in [-0.25, -0.2) is 4.79 Å². The first-order valence-corrected chi connectivity index (χ1v) is 9.00. The van der Waals surface area contributed by atoms with Crippen LogP contribution >= 0.6 is 0 Å². The van der Waals surface area contributed by atoms with Gasteiger partial charge in [0, 0.05) is 18.8 Å². The number of aromatic nitrogens is 1. The molecule has 3 rings (SSSR count). The lowest BCUT2D eigenvalue weighted by molar-refractivity contribution is -0.116. The highest BCUT2D eigenvalue weighted by molar-refractivity contribution is 6.08. The lowest BCUT2D eigenvalue weighted by atomic mass is 10.2. The Morgan fingerprint density at radius 2 is 1.96 bits per heavy atom.